The zero-order valence-corrected chi connectivity index (χ0v) is 19.4. The molecule has 3 heterocycles. The van der Waals surface area contributed by atoms with E-state index >= 15 is 0 Å². The molecule has 0 spiro atoms. The lowest BCUT2D eigenvalue weighted by atomic mass is 10.1. The number of halogens is 3. The molecule has 2 saturated heterocycles. The molecule has 0 bridgehead atoms. The highest BCUT2D eigenvalue weighted by molar-refractivity contribution is 6.66. The Hall–Kier alpha value is -1.34. The first-order valence-corrected chi connectivity index (χ1v) is 11.7. The van der Waals surface area contributed by atoms with E-state index in [0.717, 1.165) is 38.2 Å². The third-order valence-corrected chi connectivity index (χ3v) is 6.42. The zero-order valence-electron chi connectivity index (χ0n) is 17.1. The fourth-order valence-corrected chi connectivity index (χ4v) is 4.46. The monoisotopic (exact) mass is 468 g/mol. The molecule has 1 aromatic heterocycles. The molecule has 1 unspecified atom stereocenters. The maximum Gasteiger partial charge on any atom is 0.250 e. The maximum absolute atomic E-state index is 6.10. The fraction of sp³-hybridized carbons (Fsp3) is 0.571. The van der Waals surface area contributed by atoms with Crippen LogP contribution in [0.4, 0.5) is 11.6 Å². The summed E-state index contributed by atoms with van der Waals surface area (Å²) in [4.78, 5) is 18.1. The lowest BCUT2D eigenvalue weighted by molar-refractivity contribution is 0.301. The summed E-state index contributed by atoms with van der Waals surface area (Å²) < 4.78 is -1.71. The first-order valence-electron chi connectivity index (χ1n) is 10.5. The molecule has 2 aromatic rings. The minimum Gasteiger partial charge on any atom is -0.372 e. The minimum absolute atomic E-state index is 0.126. The third-order valence-electron chi connectivity index (χ3n) is 5.92. The number of benzene rings is 1. The quantitative estimate of drug-likeness (QED) is 0.610. The number of hydrogen-bond acceptors (Lipinski definition) is 6. The Morgan fingerprint density at radius 2 is 1.73 bits per heavy atom. The molecule has 2 aliphatic heterocycles. The fourth-order valence-electron chi connectivity index (χ4n) is 4.20. The van der Waals surface area contributed by atoms with Crippen LogP contribution in [0.3, 0.4) is 0 Å². The number of nitrogens with zero attached hydrogens (tertiary/aromatic N) is 5. The average molecular weight is 470 g/mol. The molecule has 0 radical (unpaired) electrons. The molecule has 4 rings (SSSR count). The summed E-state index contributed by atoms with van der Waals surface area (Å²) in [5, 5.41) is 3.30. The molecule has 9 heteroatoms. The topological polar surface area (TPSA) is 57.2 Å². The number of nitrogens with one attached hydrogen (secondary N) is 1. The van der Waals surface area contributed by atoms with E-state index in [2.05, 4.69) is 49.2 Å². The molecule has 6 nitrogen and oxygen atoms in total. The van der Waals surface area contributed by atoms with Gasteiger partial charge in [-0.1, -0.05) is 34.8 Å². The van der Waals surface area contributed by atoms with Gasteiger partial charge in [0.2, 0.25) is 9.74 Å². The summed E-state index contributed by atoms with van der Waals surface area (Å²) >= 11 is 18.3. The van der Waals surface area contributed by atoms with Gasteiger partial charge in [0.1, 0.15) is 0 Å². The Morgan fingerprint density at radius 1 is 1.00 bits per heavy atom. The largest absolute Gasteiger partial charge is 0.372 e. The molecule has 0 saturated carbocycles. The second-order valence-electron chi connectivity index (χ2n) is 8.04. The van der Waals surface area contributed by atoms with Crippen LogP contribution >= 0.6 is 34.8 Å². The van der Waals surface area contributed by atoms with E-state index in [9.17, 15) is 0 Å². The molecular weight excluding hydrogens is 443 g/mol. The van der Waals surface area contributed by atoms with E-state index in [0.29, 0.717) is 17.8 Å². The van der Waals surface area contributed by atoms with Gasteiger partial charge in [0.25, 0.3) is 0 Å². The predicted molar refractivity (Wildman–Crippen MR) is 125 cm³/mol. The van der Waals surface area contributed by atoms with Crippen molar-refractivity contribution in [2.45, 2.75) is 41.9 Å². The Morgan fingerprint density at radius 3 is 2.37 bits per heavy atom. The molecule has 1 aromatic carbocycles. The third kappa shape index (κ3) is 5.28. The van der Waals surface area contributed by atoms with E-state index in [4.69, 9.17) is 34.8 Å². The van der Waals surface area contributed by atoms with Crippen molar-refractivity contribution in [3.8, 4) is 11.4 Å². The smallest absolute Gasteiger partial charge is 0.250 e. The lowest BCUT2D eigenvalue weighted by Crippen LogP contribution is -2.27. The second kappa shape index (κ2) is 9.43. The van der Waals surface area contributed by atoms with Crippen molar-refractivity contribution in [2.24, 2.45) is 0 Å². The van der Waals surface area contributed by atoms with Crippen LogP contribution in [-0.2, 0) is 3.79 Å². The summed E-state index contributed by atoms with van der Waals surface area (Å²) in [6, 6.07) is 8.82. The van der Waals surface area contributed by atoms with Crippen LogP contribution < -0.4 is 10.2 Å². The Bertz CT molecular complexity index is 849. The van der Waals surface area contributed by atoms with Gasteiger partial charge in [0.05, 0.1) is 0 Å². The predicted octanol–water partition coefficient (Wildman–Crippen LogP) is 4.86. The van der Waals surface area contributed by atoms with Crippen molar-refractivity contribution in [1.29, 1.82) is 0 Å². The van der Waals surface area contributed by atoms with E-state index < -0.39 is 3.79 Å². The van der Waals surface area contributed by atoms with E-state index in [1.807, 2.05) is 12.1 Å². The van der Waals surface area contributed by atoms with Crippen molar-refractivity contribution in [1.82, 2.24) is 19.9 Å². The first-order chi connectivity index (χ1) is 14.4. The van der Waals surface area contributed by atoms with Gasteiger partial charge in [-0.3, -0.25) is 0 Å². The van der Waals surface area contributed by atoms with E-state index in [1.54, 1.807) is 0 Å². The van der Waals surface area contributed by atoms with Crippen LogP contribution in [0.15, 0.2) is 24.3 Å². The standard InChI is InChI=1S/C21H27Cl3N6/c1-29-12-4-5-16(29)10-11-25-20-27-18(26-19(28-20)21(22,23)24)15-6-8-17(9-7-15)30-13-2-3-14-30/h6-9,16H,2-5,10-14H2,1H3,(H,25,26,27,28). The van der Waals surface area contributed by atoms with Gasteiger partial charge >= 0.3 is 0 Å². The number of likely N-dealkylation sites (tertiary alicyclic amines) is 1. The first kappa shape index (κ1) is 21.9. The SMILES string of the molecule is CN1CCCC1CCNc1nc(-c2ccc(N3CCCC3)cc2)nc(C(Cl)(Cl)Cl)n1. The Balaban J connectivity index is 1.52. The van der Waals surface area contributed by atoms with Gasteiger partial charge < -0.3 is 15.1 Å². The number of aromatic nitrogens is 3. The lowest BCUT2D eigenvalue weighted by Gasteiger charge is -2.20. The maximum atomic E-state index is 6.10. The van der Waals surface area contributed by atoms with Gasteiger partial charge in [0.15, 0.2) is 11.6 Å². The van der Waals surface area contributed by atoms with Gasteiger partial charge in [-0.2, -0.15) is 9.97 Å². The molecular formula is C21H27Cl3N6. The van der Waals surface area contributed by atoms with Gasteiger partial charge in [-0.05, 0) is 70.0 Å². The van der Waals surface area contributed by atoms with E-state index in [-0.39, 0.29) is 5.82 Å². The summed E-state index contributed by atoms with van der Waals surface area (Å²) in [6.45, 7) is 4.12. The Kier molecular flexibility index (Phi) is 6.88. The average Bonchev–Trinajstić information content (AvgIpc) is 3.40. The van der Waals surface area contributed by atoms with Crippen LogP contribution in [0.5, 0.6) is 0 Å². The van der Waals surface area contributed by atoms with Crippen LogP contribution in [-0.4, -0.2) is 59.1 Å². The highest BCUT2D eigenvalue weighted by Gasteiger charge is 2.29. The number of anilines is 2. The molecule has 0 aliphatic carbocycles. The number of hydrogen-bond donors (Lipinski definition) is 1. The molecule has 162 valence electrons. The van der Waals surface area contributed by atoms with Crippen LogP contribution in [0.2, 0.25) is 0 Å². The summed E-state index contributed by atoms with van der Waals surface area (Å²) in [7, 11) is 2.17. The van der Waals surface area contributed by atoms with Crippen LogP contribution in [0, 0.1) is 0 Å². The Labute approximate surface area is 192 Å². The van der Waals surface area contributed by atoms with Crippen LogP contribution in [0.25, 0.3) is 11.4 Å². The molecule has 1 N–H and O–H groups in total. The molecule has 2 aliphatic rings. The second-order valence-corrected chi connectivity index (χ2v) is 10.3. The number of alkyl halides is 3. The van der Waals surface area contributed by atoms with Crippen molar-refractivity contribution in [3.63, 3.8) is 0 Å². The van der Waals surface area contributed by atoms with Crippen molar-refractivity contribution in [3.05, 3.63) is 30.1 Å². The molecule has 0 amide bonds. The van der Waals surface area contributed by atoms with Gasteiger partial charge in [0, 0.05) is 36.9 Å². The highest BCUT2D eigenvalue weighted by atomic mass is 35.6. The van der Waals surface area contributed by atoms with Crippen molar-refractivity contribution in [2.75, 3.05) is 43.4 Å². The van der Waals surface area contributed by atoms with Crippen LogP contribution in [0.1, 0.15) is 37.9 Å². The van der Waals surface area contributed by atoms with Gasteiger partial charge in [-0.15, -0.1) is 0 Å². The number of rotatable bonds is 6. The summed E-state index contributed by atoms with van der Waals surface area (Å²) in [5.74, 6) is 1.06. The highest BCUT2D eigenvalue weighted by Crippen LogP contribution is 2.37. The summed E-state index contributed by atoms with van der Waals surface area (Å²) in [6.07, 6.45) is 5.98. The van der Waals surface area contributed by atoms with Crippen molar-refractivity contribution >= 4 is 46.4 Å². The van der Waals surface area contributed by atoms with Crippen molar-refractivity contribution < 1.29 is 0 Å². The van der Waals surface area contributed by atoms with E-state index in [1.165, 1.54) is 31.4 Å². The normalized spacial score (nSPS) is 20.1. The molecule has 2 fully saturated rings. The van der Waals surface area contributed by atoms with Gasteiger partial charge in [-0.25, -0.2) is 4.98 Å². The minimum atomic E-state index is -1.71. The molecule has 30 heavy (non-hydrogen) atoms. The molecule has 1 atom stereocenters. The summed E-state index contributed by atoms with van der Waals surface area (Å²) in [5.41, 5.74) is 2.08. The zero-order chi connectivity index (χ0) is 21.1.